The Morgan fingerprint density at radius 1 is 1.05 bits per heavy atom. The van der Waals surface area contributed by atoms with Crippen LogP contribution in [-0.4, -0.2) is 24.8 Å². The number of hydrogen-bond acceptors (Lipinski definition) is 3. The first kappa shape index (κ1) is 15.0. The Balaban J connectivity index is 2.01. The summed E-state index contributed by atoms with van der Waals surface area (Å²) in [7, 11) is 0. The van der Waals surface area contributed by atoms with E-state index in [0.717, 1.165) is 16.6 Å². The molecule has 0 spiro atoms. The molecule has 0 bridgehead atoms. The first-order chi connectivity index (χ1) is 9.79. The molecule has 0 saturated carbocycles. The van der Waals surface area contributed by atoms with Crippen LogP contribution in [0.25, 0.3) is 0 Å². The van der Waals surface area contributed by atoms with E-state index in [2.05, 4.69) is 33.0 Å². The van der Waals surface area contributed by atoms with Crippen LogP contribution < -0.4 is 4.74 Å². The van der Waals surface area contributed by atoms with E-state index in [1.165, 1.54) is 5.56 Å². The molecule has 0 N–H and O–H groups in total. The lowest BCUT2D eigenvalue weighted by Crippen LogP contribution is -2.08. The molecule has 20 heavy (non-hydrogen) atoms. The number of rotatable bonds is 7. The van der Waals surface area contributed by atoms with Crippen LogP contribution >= 0.6 is 15.9 Å². The highest BCUT2D eigenvalue weighted by Gasteiger charge is 2.05. The third-order valence-corrected chi connectivity index (χ3v) is 3.51. The van der Waals surface area contributed by atoms with Crippen molar-refractivity contribution in [3.8, 4) is 5.88 Å². The Labute approximate surface area is 128 Å². The van der Waals surface area contributed by atoms with E-state index in [0.29, 0.717) is 25.7 Å². The lowest BCUT2D eigenvalue weighted by molar-refractivity contribution is 0.108. The molecule has 2 aromatic rings. The quantitative estimate of drug-likeness (QED) is 0.720. The van der Waals surface area contributed by atoms with Gasteiger partial charge in [0.2, 0.25) is 5.88 Å². The van der Waals surface area contributed by atoms with E-state index >= 15 is 0 Å². The molecule has 4 heteroatoms. The van der Waals surface area contributed by atoms with Crippen molar-refractivity contribution in [2.75, 3.05) is 19.8 Å². The molecular formula is C16H18BrNO2. The van der Waals surface area contributed by atoms with E-state index in [9.17, 15) is 0 Å². The molecule has 0 aliphatic rings. The molecule has 2 rings (SSSR count). The number of hydrogen-bond donors (Lipinski definition) is 0. The van der Waals surface area contributed by atoms with E-state index in [1.54, 1.807) is 0 Å². The van der Waals surface area contributed by atoms with Gasteiger partial charge in [0.15, 0.2) is 0 Å². The third-order valence-electron chi connectivity index (χ3n) is 2.79. The molecule has 0 atom stereocenters. The maximum atomic E-state index is 5.58. The van der Waals surface area contributed by atoms with Crippen molar-refractivity contribution < 1.29 is 9.47 Å². The molecule has 0 aliphatic carbocycles. The fraction of sp³-hybridized carbons (Fsp3) is 0.312. The molecule has 0 fully saturated rings. The summed E-state index contributed by atoms with van der Waals surface area (Å²) in [4.78, 5) is 4.54. The molecule has 0 aliphatic heterocycles. The zero-order valence-electron chi connectivity index (χ0n) is 11.5. The van der Waals surface area contributed by atoms with Crippen LogP contribution in [0.2, 0.25) is 0 Å². The zero-order valence-corrected chi connectivity index (χ0v) is 13.1. The van der Waals surface area contributed by atoms with Crippen LogP contribution in [0, 0.1) is 0 Å². The monoisotopic (exact) mass is 335 g/mol. The fourth-order valence-corrected chi connectivity index (χ4v) is 2.17. The van der Waals surface area contributed by atoms with Gasteiger partial charge in [-0.05, 0) is 34.5 Å². The summed E-state index contributed by atoms with van der Waals surface area (Å²) in [6.07, 6.45) is 0.782. The highest BCUT2D eigenvalue weighted by atomic mass is 79.9. The molecule has 1 aromatic heterocycles. The van der Waals surface area contributed by atoms with Gasteiger partial charge < -0.3 is 9.47 Å². The van der Waals surface area contributed by atoms with Gasteiger partial charge in [-0.2, -0.15) is 0 Å². The third kappa shape index (κ3) is 4.62. The Morgan fingerprint density at radius 3 is 2.60 bits per heavy atom. The van der Waals surface area contributed by atoms with Crippen LogP contribution in [0.4, 0.5) is 0 Å². The second kappa shape index (κ2) is 8.02. The molecular weight excluding hydrogens is 318 g/mol. The van der Waals surface area contributed by atoms with E-state index in [1.807, 2.05) is 37.3 Å². The summed E-state index contributed by atoms with van der Waals surface area (Å²) >= 11 is 3.54. The fourth-order valence-electron chi connectivity index (χ4n) is 1.81. The van der Waals surface area contributed by atoms with Crippen molar-refractivity contribution in [3.05, 3.63) is 58.2 Å². The van der Waals surface area contributed by atoms with Crippen molar-refractivity contribution in [1.29, 1.82) is 0 Å². The number of pyridine rings is 1. The molecule has 1 heterocycles. The lowest BCUT2D eigenvalue weighted by atomic mass is 10.1. The Bertz CT molecular complexity index is 531. The average Bonchev–Trinajstić information content (AvgIpc) is 2.48. The van der Waals surface area contributed by atoms with Gasteiger partial charge in [-0.3, -0.25) is 0 Å². The predicted molar refractivity (Wildman–Crippen MR) is 83.2 cm³/mol. The van der Waals surface area contributed by atoms with E-state index in [-0.39, 0.29) is 0 Å². The van der Waals surface area contributed by atoms with Gasteiger partial charge in [0.1, 0.15) is 6.61 Å². The molecule has 106 valence electrons. The van der Waals surface area contributed by atoms with Gasteiger partial charge >= 0.3 is 0 Å². The Kier molecular flexibility index (Phi) is 6.02. The van der Waals surface area contributed by atoms with Crippen LogP contribution in [0.1, 0.15) is 18.2 Å². The smallest absolute Gasteiger partial charge is 0.213 e. The van der Waals surface area contributed by atoms with Crippen LogP contribution in [0.3, 0.4) is 0 Å². The van der Waals surface area contributed by atoms with Crippen LogP contribution in [0.15, 0.2) is 46.9 Å². The summed E-state index contributed by atoms with van der Waals surface area (Å²) in [6, 6.07) is 14.1. The normalized spacial score (nSPS) is 10.5. The van der Waals surface area contributed by atoms with Crippen molar-refractivity contribution in [2.45, 2.75) is 13.3 Å². The molecule has 3 nitrogen and oxygen atoms in total. The number of benzene rings is 1. The average molecular weight is 336 g/mol. The highest BCUT2D eigenvalue weighted by Crippen LogP contribution is 2.21. The summed E-state index contributed by atoms with van der Waals surface area (Å²) in [5.74, 6) is 0.638. The molecule has 0 radical (unpaired) electrons. The number of ether oxygens (including phenoxy) is 2. The summed E-state index contributed by atoms with van der Waals surface area (Å²) < 4.78 is 11.8. The van der Waals surface area contributed by atoms with E-state index in [4.69, 9.17) is 9.47 Å². The van der Waals surface area contributed by atoms with Crippen LogP contribution in [-0.2, 0) is 11.2 Å². The van der Waals surface area contributed by atoms with Crippen molar-refractivity contribution in [1.82, 2.24) is 4.98 Å². The highest BCUT2D eigenvalue weighted by molar-refractivity contribution is 9.10. The molecule has 0 saturated heterocycles. The second-order valence-electron chi connectivity index (χ2n) is 4.29. The van der Waals surface area contributed by atoms with Gasteiger partial charge in [0.25, 0.3) is 0 Å². The largest absolute Gasteiger partial charge is 0.475 e. The van der Waals surface area contributed by atoms with Gasteiger partial charge in [-0.1, -0.05) is 30.3 Å². The van der Waals surface area contributed by atoms with Crippen molar-refractivity contribution in [2.24, 2.45) is 0 Å². The maximum absolute atomic E-state index is 5.58. The standard InChI is InChI=1S/C16H18BrNO2/c1-2-19-10-11-20-16-9-8-14(17)15(18-16)12-13-6-4-3-5-7-13/h3-9H,2,10-12H2,1H3. The summed E-state index contributed by atoms with van der Waals surface area (Å²) in [5.41, 5.74) is 2.21. The SMILES string of the molecule is CCOCCOc1ccc(Br)c(Cc2ccccc2)n1. The minimum Gasteiger partial charge on any atom is -0.475 e. The lowest BCUT2D eigenvalue weighted by Gasteiger charge is -2.09. The second-order valence-corrected chi connectivity index (χ2v) is 5.14. The van der Waals surface area contributed by atoms with Gasteiger partial charge in [0.05, 0.1) is 12.3 Å². The molecule has 1 aromatic carbocycles. The number of aromatic nitrogens is 1. The number of halogens is 1. The summed E-state index contributed by atoms with van der Waals surface area (Å²) in [6.45, 7) is 3.78. The van der Waals surface area contributed by atoms with Gasteiger partial charge in [-0.25, -0.2) is 4.98 Å². The zero-order chi connectivity index (χ0) is 14.2. The Hall–Kier alpha value is -1.39. The predicted octanol–water partition coefficient (Wildman–Crippen LogP) is 3.85. The molecule has 0 unspecified atom stereocenters. The first-order valence-corrected chi connectivity index (χ1v) is 7.48. The molecule has 0 amide bonds. The van der Waals surface area contributed by atoms with Crippen molar-refractivity contribution in [3.63, 3.8) is 0 Å². The van der Waals surface area contributed by atoms with Crippen LogP contribution in [0.5, 0.6) is 5.88 Å². The summed E-state index contributed by atoms with van der Waals surface area (Å²) in [5, 5.41) is 0. The van der Waals surface area contributed by atoms with E-state index < -0.39 is 0 Å². The Morgan fingerprint density at radius 2 is 1.85 bits per heavy atom. The minimum atomic E-state index is 0.521. The number of nitrogens with zero attached hydrogens (tertiary/aromatic N) is 1. The topological polar surface area (TPSA) is 31.4 Å². The van der Waals surface area contributed by atoms with Crippen molar-refractivity contribution >= 4 is 15.9 Å². The minimum absolute atomic E-state index is 0.521. The maximum Gasteiger partial charge on any atom is 0.213 e. The van der Waals surface area contributed by atoms with Gasteiger partial charge in [0, 0.05) is 23.6 Å². The van der Waals surface area contributed by atoms with Gasteiger partial charge in [-0.15, -0.1) is 0 Å². The first-order valence-electron chi connectivity index (χ1n) is 6.69.